The number of anilines is 1. The van der Waals surface area contributed by atoms with E-state index in [1.807, 2.05) is 6.92 Å². The van der Waals surface area contributed by atoms with Gasteiger partial charge in [0.05, 0.1) is 31.9 Å². The van der Waals surface area contributed by atoms with Gasteiger partial charge in [-0.05, 0) is 39.0 Å². The van der Waals surface area contributed by atoms with Gasteiger partial charge in [0.2, 0.25) is 5.91 Å². The molecule has 4 rings (SSSR count). The molecule has 0 unspecified atom stereocenters. The summed E-state index contributed by atoms with van der Waals surface area (Å²) in [7, 11) is -4.89. The topological polar surface area (TPSA) is 177 Å². The standard InChI is InChI=1S/C26H36N6O8S2/c1-16-11-32(17(2)14-33)25(34)10-20-9-21(29-41(35,36)26-18(3)28-40-19(26)4)7-8-22(20)39-23(16)12-31(6)42(37,38)24-13-30(5)15-27-24/h7-9,13,15-17,23,29,33H,10-12,14H2,1-6H3/t16-,17-,23-/m0/s1. The maximum atomic E-state index is 13.5. The Morgan fingerprint density at radius 2 is 1.95 bits per heavy atom. The van der Waals surface area contributed by atoms with Crippen LogP contribution in [0.4, 0.5) is 5.69 Å². The Hall–Kier alpha value is -3.47. The number of ether oxygens (including phenoxy) is 1. The minimum atomic E-state index is -4.06. The van der Waals surface area contributed by atoms with Crippen molar-refractivity contribution in [1.29, 1.82) is 0 Å². The van der Waals surface area contributed by atoms with Crippen molar-refractivity contribution in [1.82, 2.24) is 23.9 Å². The van der Waals surface area contributed by atoms with E-state index < -0.39 is 32.2 Å². The van der Waals surface area contributed by atoms with E-state index in [1.54, 1.807) is 20.0 Å². The third-order valence-electron chi connectivity index (χ3n) is 7.20. The van der Waals surface area contributed by atoms with Gasteiger partial charge < -0.3 is 23.8 Å². The zero-order valence-electron chi connectivity index (χ0n) is 24.3. The van der Waals surface area contributed by atoms with Crippen LogP contribution in [-0.2, 0) is 38.3 Å². The molecule has 0 radical (unpaired) electrons. The Morgan fingerprint density at radius 3 is 2.55 bits per heavy atom. The number of hydrogen-bond donors (Lipinski definition) is 2. The van der Waals surface area contributed by atoms with E-state index in [4.69, 9.17) is 9.26 Å². The van der Waals surface area contributed by atoms with Crippen LogP contribution in [0.25, 0.3) is 0 Å². The molecule has 3 aromatic rings. The monoisotopic (exact) mass is 624 g/mol. The third-order valence-corrected chi connectivity index (χ3v) is 10.5. The van der Waals surface area contributed by atoms with Crippen LogP contribution in [0, 0.1) is 19.8 Å². The van der Waals surface area contributed by atoms with Crippen molar-refractivity contribution >= 4 is 31.6 Å². The number of carbonyl (C=O) groups excluding carboxylic acids is 1. The summed E-state index contributed by atoms with van der Waals surface area (Å²) >= 11 is 0. The first-order chi connectivity index (χ1) is 19.6. The Balaban J connectivity index is 1.70. The molecule has 230 valence electrons. The zero-order valence-corrected chi connectivity index (χ0v) is 25.9. The van der Waals surface area contributed by atoms with Crippen molar-refractivity contribution in [3.8, 4) is 5.75 Å². The summed E-state index contributed by atoms with van der Waals surface area (Å²) in [5, 5.41) is 13.5. The summed E-state index contributed by atoms with van der Waals surface area (Å²) in [6.45, 7) is 6.43. The maximum absolute atomic E-state index is 13.5. The summed E-state index contributed by atoms with van der Waals surface area (Å²) < 4.78 is 69.2. The highest BCUT2D eigenvalue weighted by atomic mass is 32.2. The van der Waals surface area contributed by atoms with Crippen molar-refractivity contribution < 1.29 is 36.0 Å². The number of sulfonamides is 2. The zero-order chi connectivity index (χ0) is 31.0. The predicted molar refractivity (Wildman–Crippen MR) is 152 cm³/mol. The van der Waals surface area contributed by atoms with Gasteiger partial charge in [0.25, 0.3) is 20.0 Å². The Bertz CT molecular complexity index is 1650. The van der Waals surface area contributed by atoms with Crippen molar-refractivity contribution in [3.05, 3.63) is 47.7 Å². The van der Waals surface area contributed by atoms with E-state index in [0.29, 0.717) is 11.3 Å². The molecule has 0 spiro atoms. The molecule has 1 aliphatic heterocycles. The quantitative estimate of drug-likeness (QED) is 0.353. The van der Waals surface area contributed by atoms with Crippen LogP contribution in [0.3, 0.4) is 0 Å². The van der Waals surface area contributed by atoms with Crippen LogP contribution in [0.5, 0.6) is 5.75 Å². The van der Waals surface area contributed by atoms with Gasteiger partial charge in [0.15, 0.2) is 15.7 Å². The van der Waals surface area contributed by atoms with Crippen LogP contribution in [0.2, 0.25) is 0 Å². The summed E-state index contributed by atoms with van der Waals surface area (Å²) in [6, 6.07) is 4.04. The van der Waals surface area contributed by atoms with Crippen LogP contribution in [0.15, 0.2) is 45.2 Å². The molecule has 0 bridgehead atoms. The molecule has 1 aromatic carbocycles. The second kappa shape index (κ2) is 12.0. The van der Waals surface area contributed by atoms with Gasteiger partial charge in [-0.1, -0.05) is 12.1 Å². The van der Waals surface area contributed by atoms with Gasteiger partial charge >= 0.3 is 0 Å². The first-order valence-corrected chi connectivity index (χ1v) is 16.2. The number of likely N-dealkylation sites (N-methyl/N-ethyl adjacent to an activating group) is 1. The number of nitrogens with one attached hydrogen (secondary N) is 1. The van der Waals surface area contributed by atoms with Gasteiger partial charge in [0, 0.05) is 44.0 Å². The smallest absolute Gasteiger partial charge is 0.267 e. The number of benzene rings is 1. The summed E-state index contributed by atoms with van der Waals surface area (Å²) in [5.74, 6) is -0.207. The number of aromatic nitrogens is 3. The number of carbonyl (C=O) groups is 1. The average molecular weight is 625 g/mol. The first-order valence-electron chi connectivity index (χ1n) is 13.2. The van der Waals surface area contributed by atoms with Crippen LogP contribution >= 0.6 is 0 Å². The van der Waals surface area contributed by atoms with Crippen molar-refractivity contribution in [3.63, 3.8) is 0 Å². The van der Waals surface area contributed by atoms with Gasteiger partial charge in [-0.3, -0.25) is 9.52 Å². The second-order valence-corrected chi connectivity index (χ2v) is 14.2. The van der Waals surface area contributed by atoms with Gasteiger partial charge in [-0.25, -0.2) is 21.8 Å². The number of nitrogens with zero attached hydrogens (tertiary/aromatic N) is 5. The summed E-state index contributed by atoms with van der Waals surface area (Å²) in [4.78, 5) is 18.9. The van der Waals surface area contributed by atoms with Crippen LogP contribution in [-0.4, -0.2) is 90.7 Å². The highest BCUT2D eigenvalue weighted by molar-refractivity contribution is 7.92. The van der Waals surface area contributed by atoms with Crippen molar-refractivity contribution in [2.45, 2.75) is 56.2 Å². The Morgan fingerprint density at radius 1 is 1.24 bits per heavy atom. The minimum Gasteiger partial charge on any atom is -0.488 e. The van der Waals surface area contributed by atoms with E-state index >= 15 is 0 Å². The van der Waals surface area contributed by atoms with Crippen molar-refractivity contribution in [2.75, 3.05) is 31.5 Å². The molecule has 0 fully saturated rings. The Kier molecular flexibility index (Phi) is 9.01. The largest absolute Gasteiger partial charge is 0.488 e. The lowest BCUT2D eigenvalue weighted by atomic mass is 10.0. The van der Waals surface area contributed by atoms with Gasteiger partial charge in [-0.15, -0.1) is 0 Å². The predicted octanol–water partition coefficient (Wildman–Crippen LogP) is 1.30. The SMILES string of the molecule is Cc1noc(C)c1S(=O)(=O)Nc1ccc2c(c1)CC(=O)N([C@@H](C)CO)C[C@H](C)[C@H](CN(C)S(=O)(=O)c1cn(C)cn1)O2. The summed E-state index contributed by atoms with van der Waals surface area (Å²) in [6.07, 6.45) is 1.95. The fourth-order valence-corrected chi connectivity index (χ4v) is 7.33. The molecule has 0 saturated carbocycles. The lowest BCUT2D eigenvalue weighted by Crippen LogP contribution is -2.48. The molecule has 0 aliphatic carbocycles. The van der Waals surface area contributed by atoms with Crippen LogP contribution in [0.1, 0.15) is 30.9 Å². The highest BCUT2D eigenvalue weighted by Crippen LogP contribution is 2.31. The number of aryl methyl sites for hydroxylation is 3. The fraction of sp³-hybridized carbons (Fsp3) is 0.500. The molecular formula is C26H36N6O8S2. The Labute approximate surface area is 245 Å². The molecule has 2 N–H and O–H groups in total. The van der Waals surface area contributed by atoms with E-state index in [1.165, 1.54) is 55.0 Å². The van der Waals surface area contributed by atoms with E-state index in [9.17, 15) is 26.7 Å². The second-order valence-electron chi connectivity index (χ2n) is 10.6. The highest BCUT2D eigenvalue weighted by Gasteiger charge is 2.34. The maximum Gasteiger partial charge on any atom is 0.267 e. The fourth-order valence-electron chi connectivity index (χ4n) is 4.81. The number of hydrogen-bond acceptors (Lipinski definition) is 10. The lowest BCUT2D eigenvalue weighted by Gasteiger charge is -2.33. The van der Waals surface area contributed by atoms with Crippen LogP contribution < -0.4 is 9.46 Å². The molecular weight excluding hydrogens is 588 g/mol. The van der Waals surface area contributed by atoms with Gasteiger partial charge in [-0.2, -0.15) is 4.31 Å². The molecule has 3 heterocycles. The molecule has 3 atom stereocenters. The minimum absolute atomic E-state index is 0.0600. The van der Waals surface area contributed by atoms with E-state index in [-0.39, 0.29) is 65.0 Å². The number of aliphatic hydroxyl groups excluding tert-OH is 1. The number of rotatable bonds is 9. The molecule has 16 heteroatoms. The third kappa shape index (κ3) is 6.45. The summed E-state index contributed by atoms with van der Waals surface area (Å²) in [5.41, 5.74) is 0.783. The van der Waals surface area contributed by atoms with E-state index in [2.05, 4.69) is 14.9 Å². The molecule has 1 amide bonds. The number of imidazole rings is 1. The van der Waals surface area contributed by atoms with Crippen molar-refractivity contribution in [2.24, 2.45) is 13.0 Å². The molecule has 42 heavy (non-hydrogen) atoms. The van der Waals surface area contributed by atoms with E-state index in [0.717, 1.165) is 4.31 Å². The lowest BCUT2D eigenvalue weighted by molar-refractivity contribution is -0.134. The molecule has 1 aliphatic rings. The average Bonchev–Trinajstić information content (AvgIpc) is 3.52. The normalized spacial score (nSPS) is 19.0. The first kappa shape index (κ1) is 31.5. The number of aliphatic hydroxyl groups is 1. The van der Waals surface area contributed by atoms with Gasteiger partial charge in [0.1, 0.15) is 17.5 Å². The molecule has 14 nitrogen and oxygen atoms in total. The molecule has 0 saturated heterocycles. The number of amides is 1. The number of fused-ring (bicyclic) bond motifs is 1. The molecule has 2 aromatic heterocycles.